The van der Waals surface area contributed by atoms with Gasteiger partial charge in [0.05, 0.1) is 18.8 Å². The summed E-state index contributed by atoms with van der Waals surface area (Å²) in [4.78, 5) is 8.21. The lowest BCUT2D eigenvalue weighted by atomic mass is 10.2. The van der Waals surface area contributed by atoms with Crippen molar-refractivity contribution >= 4 is 11.6 Å². The van der Waals surface area contributed by atoms with Gasteiger partial charge in [-0.3, -0.25) is 0 Å². The maximum Gasteiger partial charge on any atom is 0.416 e. The first-order valence-electron chi connectivity index (χ1n) is 7.42. The van der Waals surface area contributed by atoms with Crippen LogP contribution in [0.4, 0.5) is 24.8 Å². The van der Waals surface area contributed by atoms with E-state index in [-0.39, 0.29) is 0 Å². The van der Waals surface area contributed by atoms with Gasteiger partial charge in [-0.1, -0.05) is 0 Å². The minimum absolute atomic E-state index is 0.381. The molecule has 5 nitrogen and oxygen atoms in total. The molecule has 0 bridgehead atoms. The van der Waals surface area contributed by atoms with Crippen LogP contribution in [0.3, 0.4) is 0 Å². The largest absolute Gasteiger partial charge is 0.416 e. The van der Waals surface area contributed by atoms with E-state index in [1.807, 2.05) is 9.80 Å². The first-order chi connectivity index (χ1) is 10.5. The second-order valence-corrected chi connectivity index (χ2v) is 5.41. The highest BCUT2D eigenvalue weighted by Gasteiger charge is 2.33. The van der Waals surface area contributed by atoms with Crippen molar-refractivity contribution in [2.75, 3.05) is 62.3 Å². The number of aromatic nitrogens is 1. The Labute approximate surface area is 127 Å². The second-order valence-electron chi connectivity index (χ2n) is 5.41. The molecule has 2 aliphatic rings. The molecule has 2 fully saturated rings. The zero-order valence-corrected chi connectivity index (χ0v) is 12.2. The Hall–Kier alpha value is -1.54. The lowest BCUT2D eigenvalue weighted by molar-refractivity contribution is -0.137. The predicted molar refractivity (Wildman–Crippen MR) is 77.4 cm³/mol. The summed E-state index contributed by atoms with van der Waals surface area (Å²) in [5.41, 5.74) is -0.641. The fourth-order valence-corrected chi connectivity index (χ4v) is 2.68. The number of pyridine rings is 1. The Balaban J connectivity index is 1.93. The van der Waals surface area contributed by atoms with Crippen LogP contribution in [0.1, 0.15) is 5.56 Å². The minimum atomic E-state index is -4.37. The Morgan fingerprint density at radius 2 is 1.50 bits per heavy atom. The molecule has 1 aromatic rings. The van der Waals surface area contributed by atoms with Crippen LogP contribution in [0.2, 0.25) is 0 Å². The summed E-state index contributed by atoms with van der Waals surface area (Å²) in [5, 5.41) is 3.19. The molecule has 0 atom stereocenters. The first-order valence-corrected chi connectivity index (χ1v) is 7.42. The summed E-state index contributed by atoms with van der Waals surface area (Å²) in [6, 6.07) is 2.28. The molecule has 1 aromatic heterocycles. The van der Waals surface area contributed by atoms with Gasteiger partial charge in [0.2, 0.25) is 0 Å². The average molecular weight is 316 g/mol. The van der Waals surface area contributed by atoms with E-state index in [2.05, 4.69) is 10.3 Å². The molecule has 0 aromatic carbocycles. The molecule has 22 heavy (non-hydrogen) atoms. The van der Waals surface area contributed by atoms with Gasteiger partial charge in [-0.15, -0.1) is 0 Å². The van der Waals surface area contributed by atoms with Crippen molar-refractivity contribution in [1.29, 1.82) is 0 Å². The number of ether oxygens (including phenoxy) is 1. The standard InChI is InChI=1S/C14H19F3N4O/c15-14(16,17)11-9-12(20-3-1-18-2-4-20)19-13(10-11)21-5-7-22-8-6-21/h9-10,18H,1-8H2. The van der Waals surface area contributed by atoms with E-state index >= 15 is 0 Å². The topological polar surface area (TPSA) is 40.6 Å². The van der Waals surface area contributed by atoms with Gasteiger partial charge < -0.3 is 19.9 Å². The van der Waals surface area contributed by atoms with Crippen LogP contribution in [0.15, 0.2) is 12.1 Å². The average Bonchev–Trinajstić information content (AvgIpc) is 2.55. The summed E-state index contributed by atoms with van der Waals surface area (Å²) >= 11 is 0. The Kier molecular flexibility index (Phi) is 4.39. The number of morpholine rings is 1. The molecule has 0 aliphatic carbocycles. The molecule has 0 unspecified atom stereocenters. The van der Waals surface area contributed by atoms with Crippen LogP contribution in [0, 0.1) is 0 Å². The van der Waals surface area contributed by atoms with Gasteiger partial charge in [0.1, 0.15) is 11.6 Å². The summed E-state index contributed by atoms with van der Waals surface area (Å²) in [6.45, 7) is 5.00. The summed E-state index contributed by atoms with van der Waals surface area (Å²) in [7, 11) is 0. The van der Waals surface area contributed by atoms with Gasteiger partial charge in [0, 0.05) is 39.3 Å². The molecule has 2 aliphatic heterocycles. The van der Waals surface area contributed by atoms with Crippen LogP contribution in [-0.2, 0) is 10.9 Å². The van der Waals surface area contributed by atoms with Crippen LogP contribution < -0.4 is 15.1 Å². The molecule has 3 rings (SSSR count). The molecule has 0 saturated carbocycles. The number of nitrogens with zero attached hydrogens (tertiary/aromatic N) is 3. The maximum absolute atomic E-state index is 13.2. The number of nitrogens with one attached hydrogen (secondary N) is 1. The lowest BCUT2D eigenvalue weighted by Crippen LogP contribution is -2.44. The third kappa shape index (κ3) is 3.44. The number of piperazine rings is 1. The van der Waals surface area contributed by atoms with Gasteiger partial charge in [-0.25, -0.2) is 4.98 Å². The van der Waals surface area contributed by atoms with Crippen LogP contribution >= 0.6 is 0 Å². The van der Waals surface area contributed by atoms with E-state index in [0.29, 0.717) is 51.0 Å². The van der Waals surface area contributed by atoms with Crippen molar-refractivity contribution in [1.82, 2.24) is 10.3 Å². The number of alkyl halides is 3. The normalized spacial score (nSPS) is 20.3. The Morgan fingerprint density at radius 3 is 2.05 bits per heavy atom. The van der Waals surface area contributed by atoms with Crippen LogP contribution in [0.25, 0.3) is 0 Å². The maximum atomic E-state index is 13.2. The fraction of sp³-hybridized carbons (Fsp3) is 0.643. The van der Waals surface area contributed by atoms with E-state index in [4.69, 9.17) is 4.74 Å². The molecule has 2 saturated heterocycles. The van der Waals surface area contributed by atoms with Gasteiger partial charge in [0.25, 0.3) is 0 Å². The zero-order valence-electron chi connectivity index (χ0n) is 12.2. The highest BCUT2D eigenvalue weighted by Crippen LogP contribution is 2.34. The Bertz CT molecular complexity index is 475. The molecule has 8 heteroatoms. The van der Waals surface area contributed by atoms with E-state index < -0.39 is 11.7 Å². The van der Waals surface area contributed by atoms with Crippen molar-refractivity contribution in [2.24, 2.45) is 0 Å². The number of halogens is 3. The van der Waals surface area contributed by atoms with E-state index in [9.17, 15) is 13.2 Å². The van der Waals surface area contributed by atoms with Crippen LogP contribution in [-0.4, -0.2) is 57.5 Å². The molecule has 122 valence electrons. The Morgan fingerprint density at radius 1 is 0.955 bits per heavy atom. The lowest BCUT2D eigenvalue weighted by Gasteiger charge is -2.32. The summed E-state index contributed by atoms with van der Waals surface area (Å²) in [5.74, 6) is 0.782. The number of anilines is 2. The molecular formula is C14H19F3N4O. The monoisotopic (exact) mass is 316 g/mol. The second kappa shape index (κ2) is 6.29. The van der Waals surface area contributed by atoms with Gasteiger partial charge in [-0.05, 0) is 12.1 Å². The molecular weight excluding hydrogens is 297 g/mol. The fourth-order valence-electron chi connectivity index (χ4n) is 2.68. The van der Waals surface area contributed by atoms with Gasteiger partial charge >= 0.3 is 6.18 Å². The van der Waals surface area contributed by atoms with Crippen molar-refractivity contribution in [3.8, 4) is 0 Å². The number of hydrogen-bond acceptors (Lipinski definition) is 5. The highest BCUT2D eigenvalue weighted by atomic mass is 19.4. The van der Waals surface area contributed by atoms with Gasteiger partial charge in [0.15, 0.2) is 0 Å². The zero-order chi connectivity index (χ0) is 15.6. The predicted octanol–water partition coefficient (Wildman–Crippen LogP) is 1.35. The molecule has 0 amide bonds. The minimum Gasteiger partial charge on any atom is -0.378 e. The SMILES string of the molecule is FC(F)(F)c1cc(N2CCNCC2)nc(N2CCOCC2)c1. The molecule has 0 spiro atoms. The summed E-state index contributed by atoms with van der Waals surface area (Å²) < 4.78 is 44.8. The third-order valence-electron chi connectivity index (χ3n) is 3.90. The number of hydrogen-bond donors (Lipinski definition) is 1. The summed E-state index contributed by atoms with van der Waals surface area (Å²) in [6.07, 6.45) is -4.37. The first kappa shape index (κ1) is 15.4. The molecule has 0 radical (unpaired) electrons. The van der Waals surface area contributed by atoms with Crippen molar-refractivity contribution in [3.63, 3.8) is 0 Å². The van der Waals surface area contributed by atoms with Crippen LogP contribution in [0.5, 0.6) is 0 Å². The third-order valence-corrected chi connectivity index (χ3v) is 3.90. The molecule has 1 N–H and O–H groups in total. The number of rotatable bonds is 2. The van der Waals surface area contributed by atoms with E-state index in [0.717, 1.165) is 25.2 Å². The van der Waals surface area contributed by atoms with Crippen molar-refractivity contribution in [2.45, 2.75) is 6.18 Å². The van der Waals surface area contributed by atoms with E-state index in [1.165, 1.54) is 0 Å². The van der Waals surface area contributed by atoms with Crippen molar-refractivity contribution in [3.05, 3.63) is 17.7 Å². The molecule has 3 heterocycles. The van der Waals surface area contributed by atoms with Crippen molar-refractivity contribution < 1.29 is 17.9 Å². The van der Waals surface area contributed by atoms with E-state index in [1.54, 1.807) is 0 Å². The highest BCUT2D eigenvalue weighted by molar-refractivity contribution is 5.53. The van der Waals surface area contributed by atoms with Gasteiger partial charge in [-0.2, -0.15) is 13.2 Å². The quantitative estimate of drug-likeness (QED) is 0.892. The smallest absolute Gasteiger partial charge is 0.378 e.